The summed E-state index contributed by atoms with van der Waals surface area (Å²) in [7, 11) is 0. The zero-order valence-corrected chi connectivity index (χ0v) is 18.3. The third-order valence-corrected chi connectivity index (χ3v) is 6.20. The van der Waals surface area contributed by atoms with Crippen LogP contribution in [0.25, 0.3) is 5.70 Å². The number of anilines is 1. The predicted molar refractivity (Wildman–Crippen MR) is 121 cm³/mol. The molecule has 150 valence electrons. The van der Waals surface area contributed by atoms with Gasteiger partial charge in [0, 0.05) is 35.7 Å². The molecule has 1 atom stereocenters. The normalized spacial score (nSPS) is 18.8. The van der Waals surface area contributed by atoms with Gasteiger partial charge in [-0.1, -0.05) is 59.8 Å². The molecular formula is C25H40N2. The van der Waals surface area contributed by atoms with Crippen molar-refractivity contribution >= 4 is 11.4 Å². The molecule has 0 aliphatic heterocycles. The zero-order valence-electron chi connectivity index (χ0n) is 18.3. The molecule has 0 spiro atoms. The van der Waals surface area contributed by atoms with Gasteiger partial charge >= 0.3 is 0 Å². The highest BCUT2D eigenvalue weighted by Crippen LogP contribution is 2.41. The third kappa shape index (κ3) is 5.64. The van der Waals surface area contributed by atoms with Crippen molar-refractivity contribution in [2.24, 2.45) is 11.3 Å². The Balaban J connectivity index is 2.24. The third-order valence-electron chi connectivity index (χ3n) is 6.20. The molecule has 1 fully saturated rings. The number of nitrogens with one attached hydrogen (secondary N) is 1. The minimum absolute atomic E-state index is 0.438. The van der Waals surface area contributed by atoms with E-state index in [-0.39, 0.29) is 0 Å². The highest BCUT2D eigenvalue weighted by molar-refractivity contribution is 5.68. The van der Waals surface area contributed by atoms with Crippen LogP contribution in [-0.2, 0) is 6.42 Å². The number of aryl methyl sites for hydroxylation is 1. The van der Waals surface area contributed by atoms with E-state index < -0.39 is 0 Å². The molecule has 0 amide bonds. The molecule has 0 aromatic heterocycles. The van der Waals surface area contributed by atoms with Gasteiger partial charge in [0.05, 0.1) is 0 Å². The van der Waals surface area contributed by atoms with Crippen LogP contribution >= 0.6 is 0 Å². The van der Waals surface area contributed by atoms with Crippen molar-refractivity contribution in [2.75, 3.05) is 18.4 Å². The van der Waals surface area contributed by atoms with Gasteiger partial charge in [-0.2, -0.15) is 0 Å². The zero-order chi connectivity index (χ0) is 20.0. The van der Waals surface area contributed by atoms with Crippen LogP contribution < -0.4 is 5.32 Å². The van der Waals surface area contributed by atoms with Gasteiger partial charge in [-0.3, -0.25) is 0 Å². The molecule has 1 aromatic carbocycles. The summed E-state index contributed by atoms with van der Waals surface area (Å²) in [4.78, 5) is 2.55. The minimum atomic E-state index is 0.438. The Morgan fingerprint density at radius 2 is 1.96 bits per heavy atom. The van der Waals surface area contributed by atoms with E-state index in [1.807, 2.05) is 6.92 Å². The molecule has 2 rings (SSSR count). The summed E-state index contributed by atoms with van der Waals surface area (Å²) in [6.45, 7) is 22.1. The molecule has 2 heteroatoms. The molecule has 0 radical (unpaired) electrons. The van der Waals surface area contributed by atoms with Crippen LogP contribution in [0.15, 0.2) is 37.1 Å². The van der Waals surface area contributed by atoms with Gasteiger partial charge in [0.15, 0.2) is 0 Å². The highest BCUT2D eigenvalue weighted by atomic mass is 15.1. The van der Waals surface area contributed by atoms with Gasteiger partial charge in [-0.05, 0) is 61.6 Å². The molecule has 2 nitrogen and oxygen atoms in total. The predicted octanol–water partition coefficient (Wildman–Crippen LogP) is 7.09. The SMILES string of the molecule is C=C(C)Nc1ccc(C(=C)N(CCC)CC2CCCCC2(C)C)c(CC)c1. The molecule has 27 heavy (non-hydrogen) atoms. The maximum Gasteiger partial charge on any atom is 0.0384 e. The largest absolute Gasteiger partial charge is 0.371 e. The van der Waals surface area contributed by atoms with Crippen LogP contribution in [0.2, 0.25) is 0 Å². The number of nitrogens with zero attached hydrogens (tertiary/aromatic N) is 1. The van der Waals surface area contributed by atoms with E-state index in [1.54, 1.807) is 0 Å². The second kappa shape index (κ2) is 9.48. The van der Waals surface area contributed by atoms with Crippen LogP contribution in [0, 0.1) is 11.3 Å². The van der Waals surface area contributed by atoms with Crippen LogP contribution in [0.3, 0.4) is 0 Å². The maximum atomic E-state index is 4.54. The van der Waals surface area contributed by atoms with Crippen molar-refractivity contribution in [3.8, 4) is 0 Å². The lowest BCUT2D eigenvalue weighted by molar-refractivity contribution is 0.110. The highest BCUT2D eigenvalue weighted by Gasteiger charge is 2.33. The van der Waals surface area contributed by atoms with E-state index in [2.05, 4.69) is 69.3 Å². The Morgan fingerprint density at radius 1 is 1.22 bits per heavy atom. The van der Waals surface area contributed by atoms with E-state index in [4.69, 9.17) is 0 Å². The summed E-state index contributed by atoms with van der Waals surface area (Å²) in [6, 6.07) is 6.65. The number of benzene rings is 1. The van der Waals surface area contributed by atoms with Crippen molar-refractivity contribution in [3.63, 3.8) is 0 Å². The van der Waals surface area contributed by atoms with E-state index in [1.165, 1.54) is 42.5 Å². The second-order valence-corrected chi connectivity index (χ2v) is 8.95. The molecule has 0 bridgehead atoms. The Labute approximate surface area is 167 Å². The van der Waals surface area contributed by atoms with Crippen molar-refractivity contribution < 1.29 is 0 Å². The molecule has 0 heterocycles. The second-order valence-electron chi connectivity index (χ2n) is 8.95. The Bertz CT molecular complexity index is 656. The standard InChI is InChI=1S/C25H40N2/c1-8-16-27(18-22-12-10-11-15-25(22,6)7)20(5)24-14-13-23(26-19(3)4)17-21(24)9-2/h13-14,17,22,26H,3,5,8-12,15-16,18H2,1-2,4,6-7H3. The summed E-state index contributed by atoms with van der Waals surface area (Å²) in [6.07, 6.45) is 7.63. The maximum absolute atomic E-state index is 4.54. The van der Waals surface area contributed by atoms with Gasteiger partial charge in [-0.15, -0.1) is 0 Å². The van der Waals surface area contributed by atoms with Crippen molar-refractivity contribution in [1.82, 2.24) is 4.90 Å². The molecule has 1 aromatic rings. The first-order valence-electron chi connectivity index (χ1n) is 10.8. The summed E-state index contributed by atoms with van der Waals surface area (Å²) in [5.41, 5.74) is 6.37. The summed E-state index contributed by atoms with van der Waals surface area (Å²) in [5, 5.41) is 3.34. The fourth-order valence-corrected chi connectivity index (χ4v) is 4.44. The lowest BCUT2D eigenvalue weighted by Gasteiger charge is -2.42. The number of allylic oxidation sites excluding steroid dienone is 1. The van der Waals surface area contributed by atoms with E-state index in [0.29, 0.717) is 5.41 Å². The van der Waals surface area contributed by atoms with Gasteiger partial charge in [0.25, 0.3) is 0 Å². The smallest absolute Gasteiger partial charge is 0.0384 e. The van der Waals surface area contributed by atoms with Crippen LogP contribution in [0.4, 0.5) is 5.69 Å². The monoisotopic (exact) mass is 368 g/mol. The first kappa shape index (κ1) is 21.6. The summed E-state index contributed by atoms with van der Waals surface area (Å²) < 4.78 is 0. The Kier molecular flexibility index (Phi) is 7.59. The van der Waals surface area contributed by atoms with Crippen LogP contribution in [0.1, 0.15) is 77.8 Å². The van der Waals surface area contributed by atoms with Gasteiger partial charge in [-0.25, -0.2) is 0 Å². The number of rotatable bonds is 9. The number of hydrogen-bond donors (Lipinski definition) is 1. The topological polar surface area (TPSA) is 15.3 Å². The lowest BCUT2D eigenvalue weighted by Crippen LogP contribution is -2.38. The fourth-order valence-electron chi connectivity index (χ4n) is 4.44. The summed E-state index contributed by atoms with van der Waals surface area (Å²) in [5.74, 6) is 0.754. The Morgan fingerprint density at radius 3 is 2.56 bits per heavy atom. The number of hydrogen-bond acceptors (Lipinski definition) is 2. The lowest BCUT2D eigenvalue weighted by atomic mass is 9.68. The average Bonchev–Trinajstić information content (AvgIpc) is 2.61. The summed E-state index contributed by atoms with van der Waals surface area (Å²) >= 11 is 0. The van der Waals surface area contributed by atoms with Gasteiger partial charge in [0.1, 0.15) is 0 Å². The van der Waals surface area contributed by atoms with Gasteiger partial charge in [0.2, 0.25) is 0 Å². The molecule has 1 aliphatic carbocycles. The van der Waals surface area contributed by atoms with Crippen molar-refractivity contribution in [1.29, 1.82) is 0 Å². The van der Waals surface area contributed by atoms with E-state index in [0.717, 1.165) is 43.2 Å². The molecule has 1 N–H and O–H groups in total. The fraction of sp³-hybridized carbons (Fsp3) is 0.600. The quantitative estimate of drug-likeness (QED) is 0.500. The van der Waals surface area contributed by atoms with Crippen molar-refractivity contribution in [3.05, 3.63) is 48.2 Å². The van der Waals surface area contributed by atoms with Gasteiger partial charge < -0.3 is 10.2 Å². The van der Waals surface area contributed by atoms with Crippen molar-refractivity contribution in [2.45, 2.75) is 73.1 Å². The average molecular weight is 369 g/mol. The molecule has 0 saturated heterocycles. The molecule has 1 saturated carbocycles. The first-order chi connectivity index (χ1) is 12.8. The van der Waals surface area contributed by atoms with E-state index >= 15 is 0 Å². The molecule has 1 unspecified atom stereocenters. The van der Waals surface area contributed by atoms with E-state index in [9.17, 15) is 0 Å². The minimum Gasteiger partial charge on any atom is -0.371 e. The first-order valence-corrected chi connectivity index (χ1v) is 10.8. The Hall–Kier alpha value is -1.70. The molecule has 1 aliphatic rings. The van der Waals surface area contributed by atoms with Crippen LogP contribution in [-0.4, -0.2) is 18.0 Å². The molecular weight excluding hydrogens is 328 g/mol. The van der Waals surface area contributed by atoms with Crippen LogP contribution in [0.5, 0.6) is 0 Å².